The quantitative estimate of drug-likeness (QED) is 0.879. The predicted octanol–water partition coefficient (Wildman–Crippen LogP) is 3.84. The Morgan fingerprint density at radius 1 is 1.06 bits per heavy atom. The van der Waals surface area contributed by atoms with Crippen LogP contribution >= 0.6 is 11.6 Å². The van der Waals surface area contributed by atoms with Crippen molar-refractivity contribution in [2.75, 3.05) is 0 Å². The average Bonchev–Trinajstić information content (AvgIpc) is 2.32. The number of nitrogens with two attached hydrogens (primary N) is 1. The van der Waals surface area contributed by atoms with Crippen molar-refractivity contribution >= 4 is 11.6 Å². The lowest BCUT2D eigenvalue weighted by molar-refractivity contribution is 0.526. The second kappa shape index (κ2) is 4.67. The first-order chi connectivity index (χ1) is 8.43. The van der Waals surface area contributed by atoms with E-state index in [2.05, 4.69) is 0 Å². The van der Waals surface area contributed by atoms with Gasteiger partial charge in [-0.15, -0.1) is 0 Å². The van der Waals surface area contributed by atoms with Gasteiger partial charge in [-0.3, -0.25) is 0 Å². The van der Waals surface area contributed by atoms with Gasteiger partial charge in [0.25, 0.3) is 0 Å². The highest BCUT2D eigenvalue weighted by Gasteiger charge is 2.29. The monoisotopic (exact) mass is 267 g/mol. The van der Waals surface area contributed by atoms with E-state index in [-0.39, 0.29) is 5.56 Å². The van der Waals surface area contributed by atoms with E-state index in [0.717, 1.165) is 0 Å². The minimum Gasteiger partial charge on any atom is -0.318 e. The van der Waals surface area contributed by atoms with Gasteiger partial charge >= 0.3 is 0 Å². The molecule has 0 aliphatic carbocycles. The van der Waals surface area contributed by atoms with Crippen LogP contribution in [0.3, 0.4) is 0 Å². The van der Waals surface area contributed by atoms with Crippen LogP contribution in [-0.2, 0) is 5.54 Å². The van der Waals surface area contributed by atoms with Gasteiger partial charge in [-0.1, -0.05) is 29.8 Å². The van der Waals surface area contributed by atoms with Gasteiger partial charge < -0.3 is 5.73 Å². The van der Waals surface area contributed by atoms with Crippen LogP contribution in [0.5, 0.6) is 0 Å². The van der Waals surface area contributed by atoms with Crippen molar-refractivity contribution in [3.63, 3.8) is 0 Å². The van der Waals surface area contributed by atoms with Crippen LogP contribution in [0.4, 0.5) is 8.78 Å². The van der Waals surface area contributed by atoms with Gasteiger partial charge in [0.2, 0.25) is 0 Å². The molecule has 1 nitrogen and oxygen atoms in total. The van der Waals surface area contributed by atoms with E-state index < -0.39 is 17.2 Å². The molecule has 0 spiro atoms. The van der Waals surface area contributed by atoms with Gasteiger partial charge in [-0.05, 0) is 36.8 Å². The van der Waals surface area contributed by atoms with Crippen molar-refractivity contribution in [1.82, 2.24) is 0 Å². The molecule has 0 saturated heterocycles. The van der Waals surface area contributed by atoms with Crippen molar-refractivity contribution in [1.29, 1.82) is 0 Å². The topological polar surface area (TPSA) is 26.0 Å². The smallest absolute Gasteiger partial charge is 0.128 e. The van der Waals surface area contributed by atoms with Gasteiger partial charge in [0.15, 0.2) is 0 Å². The van der Waals surface area contributed by atoms with Crippen LogP contribution < -0.4 is 5.73 Å². The third kappa shape index (κ3) is 2.24. The fraction of sp³-hybridized carbons (Fsp3) is 0.143. The van der Waals surface area contributed by atoms with Crippen LogP contribution in [0, 0.1) is 11.6 Å². The molecule has 0 aromatic heterocycles. The van der Waals surface area contributed by atoms with Crippen molar-refractivity contribution in [3.8, 4) is 0 Å². The maximum Gasteiger partial charge on any atom is 0.128 e. The summed E-state index contributed by atoms with van der Waals surface area (Å²) < 4.78 is 27.1. The predicted molar refractivity (Wildman–Crippen MR) is 68.5 cm³/mol. The molecule has 0 aliphatic heterocycles. The number of rotatable bonds is 2. The second-order valence-corrected chi connectivity index (χ2v) is 4.71. The van der Waals surface area contributed by atoms with E-state index in [1.54, 1.807) is 25.1 Å². The number of hydrogen-bond donors (Lipinski definition) is 1. The summed E-state index contributed by atoms with van der Waals surface area (Å²) in [6, 6.07) is 10.0. The first kappa shape index (κ1) is 13.0. The van der Waals surface area contributed by atoms with Gasteiger partial charge in [-0.25, -0.2) is 8.78 Å². The highest BCUT2D eigenvalue weighted by molar-refractivity contribution is 6.31. The molecule has 0 amide bonds. The van der Waals surface area contributed by atoms with Gasteiger partial charge in [-0.2, -0.15) is 0 Å². The Hall–Kier alpha value is -1.45. The highest BCUT2D eigenvalue weighted by Crippen LogP contribution is 2.33. The minimum atomic E-state index is -1.19. The standard InChI is InChI=1S/C14H12ClF2N/c1-14(18,10-4-2-3-5-13(10)17)11-8-9(16)6-7-12(11)15/h2-8H,18H2,1H3. The Morgan fingerprint density at radius 2 is 1.72 bits per heavy atom. The molecule has 2 aromatic carbocycles. The summed E-state index contributed by atoms with van der Waals surface area (Å²) >= 11 is 6.01. The molecule has 2 aromatic rings. The van der Waals surface area contributed by atoms with E-state index in [9.17, 15) is 8.78 Å². The van der Waals surface area contributed by atoms with E-state index in [0.29, 0.717) is 10.6 Å². The molecule has 4 heteroatoms. The first-order valence-electron chi connectivity index (χ1n) is 5.42. The number of hydrogen-bond acceptors (Lipinski definition) is 1. The molecule has 2 rings (SSSR count). The Bertz CT molecular complexity index is 582. The summed E-state index contributed by atoms with van der Waals surface area (Å²) in [6.07, 6.45) is 0. The Kier molecular flexibility index (Phi) is 3.37. The number of benzene rings is 2. The zero-order valence-corrected chi connectivity index (χ0v) is 10.5. The largest absolute Gasteiger partial charge is 0.318 e. The van der Waals surface area contributed by atoms with Crippen molar-refractivity contribution in [3.05, 3.63) is 70.2 Å². The molecular weight excluding hydrogens is 256 g/mol. The molecule has 0 fully saturated rings. The summed E-state index contributed by atoms with van der Waals surface area (Å²) in [5.41, 5.74) is 5.58. The fourth-order valence-electron chi connectivity index (χ4n) is 1.92. The van der Waals surface area contributed by atoms with Crippen LogP contribution in [0.25, 0.3) is 0 Å². The summed E-state index contributed by atoms with van der Waals surface area (Å²) in [5.74, 6) is -0.898. The maximum atomic E-state index is 13.8. The molecule has 0 heterocycles. The molecule has 18 heavy (non-hydrogen) atoms. The third-order valence-electron chi connectivity index (χ3n) is 2.92. The lowest BCUT2D eigenvalue weighted by atomic mass is 9.85. The van der Waals surface area contributed by atoms with E-state index in [1.807, 2.05) is 0 Å². The highest BCUT2D eigenvalue weighted by atomic mass is 35.5. The van der Waals surface area contributed by atoms with Gasteiger partial charge in [0.1, 0.15) is 11.6 Å². The second-order valence-electron chi connectivity index (χ2n) is 4.31. The maximum absolute atomic E-state index is 13.8. The van der Waals surface area contributed by atoms with Crippen molar-refractivity contribution in [2.24, 2.45) is 5.73 Å². The van der Waals surface area contributed by atoms with Crippen LogP contribution in [0.2, 0.25) is 5.02 Å². The van der Waals surface area contributed by atoms with E-state index in [4.69, 9.17) is 17.3 Å². The van der Waals surface area contributed by atoms with Crippen LogP contribution in [-0.4, -0.2) is 0 Å². The zero-order chi connectivity index (χ0) is 13.3. The SMILES string of the molecule is CC(N)(c1ccccc1F)c1cc(F)ccc1Cl. The summed E-state index contributed by atoms with van der Waals surface area (Å²) in [4.78, 5) is 0. The Labute approximate surface area is 109 Å². The molecule has 94 valence electrons. The Balaban J connectivity index is 2.61. The zero-order valence-electron chi connectivity index (χ0n) is 9.75. The van der Waals surface area contributed by atoms with Gasteiger partial charge in [0, 0.05) is 10.6 Å². The van der Waals surface area contributed by atoms with E-state index in [1.165, 1.54) is 24.3 Å². The minimum absolute atomic E-state index is 0.275. The normalized spacial score (nSPS) is 14.3. The molecule has 1 unspecified atom stereocenters. The Morgan fingerprint density at radius 3 is 2.39 bits per heavy atom. The third-order valence-corrected chi connectivity index (χ3v) is 3.25. The van der Waals surface area contributed by atoms with Gasteiger partial charge in [0.05, 0.1) is 5.54 Å². The van der Waals surface area contributed by atoms with Crippen LogP contribution in [0.15, 0.2) is 42.5 Å². The summed E-state index contributed by atoms with van der Waals surface area (Å²) in [6.45, 7) is 1.60. The average molecular weight is 268 g/mol. The first-order valence-corrected chi connectivity index (χ1v) is 5.80. The van der Waals surface area contributed by atoms with Crippen molar-refractivity contribution < 1.29 is 8.78 Å². The lowest BCUT2D eigenvalue weighted by Gasteiger charge is -2.27. The molecular formula is C14H12ClF2N. The number of halogens is 3. The lowest BCUT2D eigenvalue weighted by Crippen LogP contribution is -2.35. The summed E-state index contributed by atoms with van der Waals surface area (Å²) in [7, 11) is 0. The molecule has 1 atom stereocenters. The van der Waals surface area contributed by atoms with Crippen molar-refractivity contribution in [2.45, 2.75) is 12.5 Å². The van der Waals surface area contributed by atoms with E-state index >= 15 is 0 Å². The van der Waals surface area contributed by atoms with Crippen LogP contribution in [0.1, 0.15) is 18.1 Å². The molecule has 0 aliphatic rings. The molecule has 0 bridgehead atoms. The molecule has 2 N–H and O–H groups in total. The molecule has 0 radical (unpaired) electrons. The molecule has 0 saturated carbocycles. The summed E-state index contributed by atoms with van der Waals surface area (Å²) in [5, 5.41) is 0.310. The fourth-order valence-corrected chi connectivity index (χ4v) is 2.24.